The molecule has 1 aliphatic heterocycles. The van der Waals surface area contributed by atoms with E-state index in [1.54, 1.807) is 0 Å². The van der Waals surface area contributed by atoms with Crippen LogP contribution in [0.25, 0.3) is 0 Å². The third-order valence-electron chi connectivity index (χ3n) is 4.03. The van der Waals surface area contributed by atoms with Crippen LogP contribution in [0.15, 0.2) is 0 Å². The van der Waals surface area contributed by atoms with Crippen LogP contribution in [-0.2, 0) is 6.42 Å². The SMILES string of the molecule is CCCc1nnsc1C(=O)N(CC1CCNCC1)C(C)C. The molecule has 5 nitrogen and oxygen atoms in total. The standard InChI is InChI=1S/C15H26N4OS/c1-4-5-13-14(21-18-17-13)15(20)19(11(2)3)10-12-6-8-16-9-7-12/h11-12,16H,4-10H2,1-3H3. The van der Waals surface area contributed by atoms with Crippen LogP contribution in [0.5, 0.6) is 0 Å². The first-order valence-electron chi connectivity index (χ1n) is 7.96. The molecule has 0 aliphatic carbocycles. The van der Waals surface area contributed by atoms with Gasteiger partial charge in [-0.25, -0.2) is 0 Å². The van der Waals surface area contributed by atoms with Gasteiger partial charge < -0.3 is 10.2 Å². The van der Waals surface area contributed by atoms with Crippen LogP contribution in [0.2, 0.25) is 0 Å². The van der Waals surface area contributed by atoms with E-state index in [2.05, 4.69) is 35.7 Å². The summed E-state index contributed by atoms with van der Waals surface area (Å²) in [5.41, 5.74) is 0.864. The number of nitrogens with one attached hydrogen (secondary N) is 1. The van der Waals surface area contributed by atoms with Crippen molar-refractivity contribution in [1.82, 2.24) is 19.8 Å². The maximum atomic E-state index is 12.9. The van der Waals surface area contributed by atoms with Gasteiger partial charge in [0.15, 0.2) is 0 Å². The molecule has 2 rings (SSSR count). The number of aromatic nitrogens is 2. The molecule has 118 valence electrons. The van der Waals surface area contributed by atoms with Gasteiger partial charge in [0, 0.05) is 12.6 Å². The van der Waals surface area contributed by atoms with Crippen LogP contribution in [0.4, 0.5) is 0 Å². The van der Waals surface area contributed by atoms with Gasteiger partial charge in [0.2, 0.25) is 0 Å². The summed E-state index contributed by atoms with van der Waals surface area (Å²) in [6.07, 6.45) is 4.12. The van der Waals surface area contributed by atoms with Crippen molar-refractivity contribution in [1.29, 1.82) is 0 Å². The fourth-order valence-electron chi connectivity index (χ4n) is 2.77. The fourth-order valence-corrected chi connectivity index (χ4v) is 3.44. The highest BCUT2D eigenvalue weighted by Gasteiger charge is 2.27. The van der Waals surface area contributed by atoms with Gasteiger partial charge in [-0.05, 0) is 63.6 Å². The number of piperidine rings is 1. The molecule has 2 heterocycles. The van der Waals surface area contributed by atoms with Gasteiger partial charge in [-0.15, -0.1) is 5.10 Å². The summed E-state index contributed by atoms with van der Waals surface area (Å²) in [5, 5.41) is 7.50. The molecule has 0 radical (unpaired) electrons. The Morgan fingerprint density at radius 3 is 2.76 bits per heavy atom. The van der Waals surface area contributed by atoms with Crippen LogP contribution in [0, 0.1) is 5.92 Å². The average Bonchev–Trinajstić information content (AvgIpc) is 2.93. The Hall–Kier alpha value is -1.01. The summed E-state index contributed by atoms with van der Waals surface area (Å²) >= 11 is 1.24. The number of rotatable bonds is 6. The summed E-state index contributed by atoms with van der Waals surface area (Å²) in [5.74, 6) is 0.718. The molecule has 1 fully saturated rings. The molecule has 0 atom stereocenters. The lowest BCUT2D eigenvalue weighted by molar-refractivity contribution is 0.0661. The molecule has 1 amide bonds. The number of nitrogens with zero attached hydrogens (tertiary/aromatic N) is 3. The van der Waals surface area contributed by atoms with E-state index in [1.165, 1.54) is 11.5 Å². The maximum absolute atomic E-state index is 12.9. The lowest BCUT2D eigenvalue weighted by atomic mass is 9.97. The monoisotopic (exact) mass is 310 g/mol. The van der Waals surface area contributed by atoms with Crippen molar-refractivity contribution in [2.75, 3.05) is 19.6 Å². The molecule has 21 heavy (non-hydrogen) atoms. The topological polar surface area (TPSA) is 58.1 Å². The van der Waals surface area contributed by atoms with Gasteiger partial charge in [0.05, 0.1) is 5.69 Å². The molecule has 1 saturated heterocycles. The van der Waals surface area contributed by atoms with Crippen LogP contribution < -0.4 is 5.32 Å². The zero-order valence-electron chi connectivity index (χ0n) is 13.3. The first-order chi connectivity index (χ1) is 10.1. The molecule has 6 heteroatoms. The third kappa shape index (κ3) is 4.23. The van der Waals surface area contributed by atoms with E-state index >= 15 is 0 Å². The molecule has 0 unspecified atom stereocenters. The molecule has 0 saturated carbocycles. The summed E-state index contributed by atoms with van der Waals surface area (Å²) in [6.45, 7) is 9.26. The van der Waals surface area contributed by atoms with E-state index < -0.39 is 0 Å². The quantitative estimate of drug-likeness (QED) is 0.876. The number of amides is 1. The van der Waals surface area contributed by atoms with E-state index in [0.29, 0.717) is 5.92 Å². The first-order valence-corrected chi connectivity index (χ1v) is 8.73. The van der Waals surface area contributed by atoms with Crippen LogP contribution in [0.1, 0.15) is 55.4 Å². The Bertz CT molecular complexity index is 454. The zero-order chi connectivity index (χ0) is 15.2. The highest BCUT2D eigenvalue weighted by molar-refractivity contribution is 7.08. The van der Waals surface area contributed by atoms with Crippen molar-refractivity contribution in [3.63, 3.8) is 0 Å². The second kappa shape index (κ2) is 7.84. The Labute approximate surface area is 131 Å². The predicted octanol–water partition coefficient (Wildman–Crippen LogP) is 2.34. The van der Waals surface area contributed by atoms with Crippen molar-refractivity contribution in [3.05, 3.63) is 10.6 Å². The minimum Gasteiger partial charge on any atom is -0.335 e. The molecule has 1 aromatic heterocycles. The molecule has 0 aromatic carbocycles. The van der Waals surface area contributed by atoms with Gasteiger partial charge in [0.25, 0.3) is 5.91 Å². The summed E-state index contributed by atoms with van der Waals surface area (Å²) in [7, 11) is 0. The molecule has 0 spiro atoms. The summed E-state index contributed by atoms with van der Waals surface area (Å²) < 4.78 is 3.98. The number of carbonyl (C=O) groups excluding carboxylic acids is 1. The Morgan fingerprint density at radius 2 is 2.14 bits per heavy atom. The van der Waals surface area contributed by atoms with E-state index in [4.69, 9.17) is 0 Å². The minimum absolute atomic E-state index is 0.113. The molecule has 1 aromatic rings. The van der Waals surface area contributed by atoms with Crippen molar-refractivity contribution < 1.29 is 4.79 Å². The Balaban J connectivity index is 2.09. The Kier molecular flexibility index (Phi) is 6.11. The normalized spacial score (nSPS) is 16.4. The molecule has 1 N–H and O–H groups in total. The smallest absolute Gasteiger partial charge is 0.267 e. The molecular weight excluding hydrogens is 284 g/mol. The first kappa shape index (κ1) is 16.4. The number of carbonyl (C=O) groups is 1. The number of hydrogen-bond donors (Lipinski definition) is 1. The van der Waals surface area contributed by atoms with Crippen molar-refractivity contribution in [2.24, 2.45) is 5.92 Å². The predicted molar refractivity (Wildman–Crippen MR) is 85.7 cm³/mol. The van der Waals surface area contributed by atoms with Gasteiger partial charge in [-0.2, -0.15) is 0 Å². The zero-order valence-corrected chi connectivity index (χ0v) is 14.1. The van der Waals surface area contributed by atoms with Gasteiger partial charge in [-0.1, -0.05) is 17.8 Å². The molecular formula is C15H26N4OS. The lowest BCUT2D eigenvalue weighted by Crippen LogP contribution is -2.43. The summed E-state index contributed by atoms with van der Waals surface area (Å²) in [6, 6.07) is 0.212. The van der Waals surface area contributed by atoms with Crippen LogP contribution in [-0.4, -0.2) is 46.1 Å². The highest BCUT2D eigenvalue weighted by Crippen LogP contribution is 2.21. The highest BCUT2D eigenvalue weighted by atomic mass is 32.1. The van der Waals surface area contributed by atoms with E-state index in [1.807, 2.05) is 4.90 Å². The van der Waals surface area contributed by atoms with Crippen LogP contribution >= 0.6 is 11.5 Å². The van der Waals surface area contributed by atoms with Gasteiger partial charge in [-0.3, -0.25) is 4.79 Å². The summed E-state index contributed by atoms with van der Waals surface area (Å²) in [4.78, 5) is 15.6. The number of aryl methyl sites for hydroxylation is 1. The van der Waals surface area contributed by atoms with E-state index in [9.17, 15) is 4.79 Å². The fraction of sp³-hybridized carbons (Fsp3) is 0.800. The number of hydrogen-bond acceptors (Lipinski definition) is 5. The molecule has 1 aliphatic rings. The van der Waals surface area contributed by atoms with E-state index in [0.717, 1.165) is 55.9 Å². The second-order valence-corrected chi connectivity index (χ2v) is 6.80. The lowest BCUT2D eigenvalue weighted by Gasteiger charge is -2.32. The largest absolute Gasteiger partial charge is 0.335 e. The van der Waals surface area contributed by atoms with Gasteiger partial charge >= 0.3 is 0 Å². The maximum Gasteiger partial charge on any atom is 0.267 e. The van der Waals surface area contributed by atoms with Crippen LogP contribution in [0.3, 0.4) is 0 Å². The third-order valence-corrected chi connectivity index (χ3v) is 4.79. The molecule has 0 bridgehead atoms. The average molecular weight is 310 g/mol. The van der Waals surface area contributed by atoms with Crippen molar-refractivity contribution >= 4 is 17.4 Å². The van der Waals surface area contributed by atoms with E-state index in [-0.39, 0.29) is 11.9 Å². The second-order valence-electron chi connectivity index (χ2n) is 6.04. The van der Waals surface area contributed by atoms with Crippen molar-refractivity contribution in [2.45, 2.75) is 52.5 Å². The van der Waals surface area contributed by atoms with Gasteiger partial charge in [0.1, 0.15) is 4.88 Å². The van der Waals surface area contributed by atoms with Crippen molar-refractivity contribution in [3.8, 4) is 0 Å². The Morgan fingerprint density at radius 1 is 1.43 bits per heavy atom. The minimum atomic E-state index is 0.113.